The van der Waals surface area contributed by atoms with Gasteiger partial charge in [-0.05, 0) is 42.5 Å². The highest BCUT2D eigenvalue weighted by Gasteiger charge is 2.38. The first-order valence-electron chi connectivity index (χ1n) is 10.3. The first-order chi connectivity index (χ1) is 15.9. The van der Waals surface area contributed by atoms with Gasteiger partial charge in [0.25, 0.3) is 17.7 Å². The number of esters is 1. The SMILES string of the molecule is O=C(COC(=O)c1ccc2c(c1)C(=O)N(CC1CCCO1)C2=O)NC(=O)NCc1cccs1. The van der Waals surface area contributed by atoms with E-state index < -0.39 is 36.3 Å². The average Bonchev–Trinajstić information content (AvgIpc) is 3.56. The lowest BCUT2D eigenvalue weighted by Gasteiger charge is -2.17. The van der Waals surface area contributed by atoms with Gasteiger partial charge in [0, 0.05) is 11.5 Å². The van der Waals surface area contributed by atoms with Crippen LogP contribution in [0.4, 0.5) is 4.79 Å². The van der Waals surface area contributed by atoms with Crippen LogP contribution in [0.2, 0.25) is 0 Å². The number of rotatable bonds is 7. The summed E-state index contributed by atoms with van der Waals surface area (Å²) in [5, 5.41) is 6.45. The van der Waals surface area contributed by atoms with E-state index in [1.807, 2.05) is 17.5 Å². The Balaban J connectivity index is 1.29. The van der Waals surface area contributed by atoms with Crippen molar-refractivity contribution in [2.45, 2.75) is 25.5 Å². The van der Waals surface area contributed by atoms with Crippen molar-refractivity contribution >= 4 is 41.1 Å². The molecule has 33 heavy (non-hydrogen) atoms. The Labute approximate surface area is 192 Å². The van der Waals surface area contributed by atoms with Crippen LogP contribution in [0.15, 0.2) is 35.7 Å². The molecule has 0 aliphatic carbocycles. The number of amides is 5. The minimum Gasteiger partial charge on any atom is -0.452 e. The van der Waals surface area contributed by atoms with Gasteiger partial charge in [0.2, 0.25) is 0 Å². The highest BCUT2D eigenvalue weighted by molar-refractivity contribution is 7.09. The summed E-state index contributed by atoms with van der Waals surface area (Å²) in [6.07, 6.45) is 1.48. The maximum absolute atomic E-state index is 12.7. The largest absolute Gasteiger partial charge is 0.452 e. The third-order valence-electron chi connectivity index (χ3n) is 5.21. The smallest absolute Gasteiger partial charge is 0.338 e. The summed E-state index contributed by atoms with van der Waals surface area (Å²) in [5.41, 5.74) is 0.323. The van der Waals surface area contributed by atoms with Gasteiger partial charge in [0.05, 0.1) is 35.9 Å². The van der Waals surface area contributed by atoms with Crippen LogP contribution in [-0.2, 0) is 20.8 Å². The molecule has 10 nitrogen and oxygen atoms in total. The van der Waals surface area contributed by atoms with Crippen molar-refractivity contribution in [2.75, 3.05) is 19.8 Å². The number of carbonyl (C=O) groups is 5. The van der Waals surface area contributed by atoms with E-state index >= 15 is 0 Å². The van der Waals surface area contributed by atoms with E-state index in [-0.39, 0.29) is 35.9 Å². The molecule has 0 saturated carbocycles. The van der Waals surface area contributed by atoms with Crippen LogP contribution in [0.5, 0.6) is 0 Å². The monoisotopic (exact) mass is 471 g/mol. The molecule has 1 fully saturated rings. The minimum atomic E-state index is -0.857. The highest BCUT2D eigenvalue weighted by atomic mass is 32.1. The summed E-state index contributed by atoms with van der Waals surface area (Å²) in [7, 11) is 0. The second-order valence-electron chi connectivity index (χ2n) is 7.50. The minimum absolute atomic E-state index is 0.0174. The van der Waals surface area contributed by atoms with Crippen LogP contribution in [-0.4, -0.2) is 60.5 Å². The van der Waals surface area contributed by atoms with Gasteiger partial charge in [-0.25, -0.2) is 9.59 Å². The summed E-state index contributed by atoms with van der Waals surface area (Å²) in [6, 6.07) is 6.99. The molecule has 2 aliphatic heterocycles. The van der Waals surface area contributed by atoms with Crippen LogP contribution < -0.4 is 10.6 Å². The number of nitrogens with one attached hydrogen (secondary N) is 2. The lowest BCUT2D eigenvalue weighted by molar-refractivity contribution is -0.123. The molecule has 0 radical (unpaired) electrons. The van der Waals surface area contributed by atoms with Gasteiger partial charge < -0.3 is 14.8 Å². The Morgan fingerprint density at radius 1 is 1.15 bits per heavy atom. The summed E-state index contributed by atoms with van der Waals surface area (Å²) in [6.45, 7) is 0.358. The number of ether oxygens (including phenoxy) is 2. The Kier molecular flexibility index (Phi) is 6.80. The second-order valence-corrected chi connectivity index (χ2v) is 8.53. The molecular formula is C22H21N3O7S. The first-order valence-corrected chi connectivity index (χ1v) is 11.2. The molecule has 4 rings (SSSR count). The van der Waals surface area contributed by atoms with Gasteiger partial charge in [-0.15, -0.1) is 11.3 Å². The molecule has 5 amide bonds. The van der Waals surface area contributed by atoms with Gasteiger partial charge in [-0.2, -0.15) is 0 Å². The number of nitrogens with zero attached hydrogens (tertiary/aromatic N) is 1. The van der Waals surface area contributed by atoms with E-state index in [2.05, 4.69) is 10.6 Å². The summed E-state index contributed by atoms with van der Waals surface area (Å²) < 4.78 is 10.4. The van der Waals surface area contributed by atoms with Crippen molar-refractivity contribution in [3.8, 4) is 0 Å². The maximum atomic E-state index is 12.7. The summed E-state index contributed by atoms with van der Waals surface area (Å²) in [4.78, 5) is 63.3. The Bertz CT molecular complexity index is 1090. The van der Waals surface area contributed by atoms with Crippen molar-refractivity contribution in [3.05, 3.63) is 57.3 Å². The van der Waals surface area contributed by atoms with E-state index in [1.165, 1.54) is 29.5 Å². The molecule has 2 N–H and O–H groups in total. The zero-order valence-electron chi connectivity index (χ0n) is 17.5. The third kappa shape index (κ3) is 5.26. The summed E-state index contributed by atoms with van der Waals surface area (Å²) in [5.74, 6) is -2.59. The number of thiophene rings is 1. The molecule has 1 saturated heterocycles. The topological polar surface area (TPSA) is 131 Å². The quantitative estimate of drug-likeness (QED) is 0.464. The van der Waals surface area contributed by atoms with Crippen LogP contribution in [0.3, 0.4) is 0 Å². The molecule has 1 aromatic carbocycles. The molecule has 2 aliphatic rings. The van der Waals surface area contributed by atoms with Gasteiger partial charge in [-0.3, -0.25) is 24.6 Å². The van der Waals surface area contributed by atoms with E-state index in [1.54, 1.807) is 0 Å². The average molecular weight is 471 g/mol. The Hall–Kier alpha value is -3.57. The third-order valence-corrected chi connectivity index (χ3v) is 6.08. The molecule has 2 aromatic rings. The lowest BCUT2D eigenvalue weighted by Crippen LogP contribution is -2.41. The molecule has 0 bridgehead atoms. The molecule has 1 unspecified atom stereocenters. The molecule has 3 heterocycles. The van der Waals surface area contributed by atoms with E-state index in [9.17, 15) is 24.0 Å². The zero-order chi connectivity index (χ0) is 23.4. The number of carbonyl (C=O) groups excluding carboxylic acids is 5. The number of fused-ring (bicyclic) bond motifs is 1. The number of benzene rings is 1. The van der Waals surface area contributed by atoms with Crippen LogP contribution >= 0.6 is 11.3 Å². The fourth-order valence-corrected chi connectivity index (χ4v) is 4.22. The number of hydrogen-bond acceptors (Lipinski definition) is 8. The molecule has 172 valence electrons. The fraction of sp³-hybridized carbons (Fsp3) is 0.318. The summed E-state index contributed by atoms with van der Waals surface area (Å²) >= 11 is 1.46. The predicted octanol–water partition coefficient (Wildman–Crippen LogP) is 1.71. The van der Waals surface area contributed by atoms with Crippen LogP contribution in [0.25, 0.3) is 0 Å². The van der Waals surface area contributed by atoms with Gasteiger partial charge >= 0.3 is 12.0 Å². The molecular weight excluding hydrogens is 450 g/mol. The van der Waals surface area contributed by atoms with E-state index in [4.69, 9.17) is 9.47 Å². The first kappa shape index (κ1) is 22.6. The predicted molar refractivity (Wildman–Crippen MR) is 116 cm³/mol. The van der Waals surface area contributed by atoms with Gasteiger partial charge in [0.15, 0.2) is 6.61 Å². The fourth-order valence-electron chi connectivity index (χ4n) is 3.58. The maximum Gasteiger partial charge on any atom is 0.338 e. The van der Waals surface area contributed by atoms with Crippen LogP contribution in [0, 0.1) is 0 Å². The van der Waals surface area contributed by atoms with Crippen molar-refractivity contribution in [2.24, 2.45) is 0 Å². The van der Waals surface area contributed by atoms with Crippen molar-refractivity contribution < 1.29 is 33.4 Å². The Morgan fingerprint density at radius 3 is 2.70 bits per heavy atom. The Morgan fingerprint density at radius 2 is 1.97 bits per heavy atom. The van der Waals surface area contributed by atoms with Crippen molar-refractivity contribution in [1.82, 2.24) is 15.5 Å². The van der Waals surface area contributed by atoms with Crippen LogP contribution in [0.1, 0.15) is 48.8 Å². The van der Waals surface area contributed by atoms with E-state index in [0.29, 0.717) is 6.61 Å². The zero-order valence-corrected chi connectivity index (χ0v) is 18.3. The molecule has 11 heteroatoms. The standard InChI is InChI=1S/C22H21N3O7S/c26-18(24-22(30)23-10-15-4-2-8-33-15)12-32-21(29)13-5-6-16-17(9-13)20(28)25(19(16)27)11-14-3-1-7-31-14/h2,4-6,8-9,14H,1,3,7,10-12H2,(H2,23,24,26,30). The highest BCUT2D eigenvalue weighted by Crippen LogP contribution is 2.26. The second kappa shape index (κ2) is 9.92. The lowest BCUT2D eigenvalue weighted by atomic mass is 10.1. The van der Waals surface area contributed by atoms with Crippen molar-refractivity contribution in [1.29, 1.82) is 0 Å². The number of urea groups is 1. The number of imide groups is 2. The molecule has 0 spiro atoms. The number of hydrogen-bond donors (Lipinski definition) is 2. The molecule has 1 aromatic heterocycles. The normalized spacial score (nSPS) is 17.1. The van der Waals surface area contributed by atoms with Gasteiger partial charge in [0.1, 0.15) is 0 Å². The van der Waals surface area contributed by atoms with E-state index in [0.717, 1.165) is 22.6 Å². The molecule has 1 atom stereocenters. The van der Waals surface area contributed by atoms with Gasteiger partial charge in [-0.1, -0.05) is 6.07 Å². The van der Waals surface area contributed by atoms with Crippen molar-refractivity contribution in [3.63, 3.8) is 0 Å².